The van der Waals surface area contributed by atoms with Gasteiger partial charge in [0.2, 0.25) is 0 Å². The highest BCUT2D eigenvalue weighted by molar-refractivity contribution is 7.00. The van der Waals surface area contributed by atoms with E-state index in [9.17, 15) is 0 Å². The molecule has 1 aliphatic carbocycles. The van der Waals surface area contributed by atoms with E-state index in [0.717, 1.165) is 39.9 Å². The van der Waals surface area contributed by atoms with E-state index in [4.69, 9.17) is 4.42 Å². The second-order valence-electron chi connectivity index (χ2n) is 23.0. The van der Waals surface area contributed by atoms with E-state index in [-0.39, 0.29) is 33.9 Å². The Morgan fingerprint density at radius 1 is 0.571 bits per heavy atom. The molecule has 0 saturated heterocycles. The number of fused-ring (bicyclic) bond motifs is 12. The number of nitrogens with zero attached hydrogens (tertiary/aromatic N) is 3. The molecule has 316 valence electrons. The minimum Gasteiger partial charge on any atom is -0.454 e. The predicted octanol–water partition coefficient (Wildman–Crippen LogP) is 13.8. The van der Waals surface area contributed by atoms with Crippen LogP contribution in [0.1, 0.15) is 124 Å². The molecule has 0 bridgehead atoms. The number of aromatic nitrogens is 1. The summed E-state index contributed by atoms with van der Waals surface area (Å²) in [6, 6.07) is 44.8. The van der Waals surface area contributed by atoms with Crippen molar-refractivity contribution in [2.75, 3.05) is 9.80 Å². The lowest BCUT2D eigenvalue weighted by atomic mass is 9.33. The van der Waals surface area contributed by atoms with Crippen LogP contribution in [0.4, 0.5) is 28.4 Å². The van der Waals surface area contributed by atoms with Gasteiger partial charge in [0, 0.05) is 44.6 Å². The Kier molecular flexibility index (Phi) is 7.74. The monoisotopic (exact) mass is 825 g/mol. The average Bonchev–Trinajstić information content (AvgIpc) is 3.84. The molecule has 3 aliphatic heterocycles. The molecule has 0 radical (unpaired) electrons. The number of hydrogen-bond acceptors (Lipinski definition) is 3. The van der Waals surface area contributed by atoms with Crippen LogP contribution in [-0.4, -0.2) is 16.8 Å². The van der Waals surface area contributed by atoms with Crippen molar-refractivity contribution in [3.8, 4) is 5.69 Å². The number of anilines is 5. The molecule has 4 nitrogen and oxygen atoms in total. The minimum atomic E-state index is -0.0915. The fourth-order valence-corrected chi connectivity index (χ4v) is 12.5. The molecule has 2 unspecified atom stereocenters. The van der Waals surface area contributed by atoms with Crippen molar-refractivity contribution in [1.29, 1.82) is 0 Å². The first-order valence-electron chi connectivity index (χ1n) is 23.5. The molecule has 0 amide bonds. The summed E-state index contributed by atoms with van der Waals surface area (Å²) in [6.07, 6.45) is 4.85. The average molecular weight is 826 g/mol. The van der Waals surface area contributed by atoms with E-state index >= 15 is 0 Å². The van der Waals surface area contributed by atoms with Gasteiger partial charge in [0.1, 0.15) is 11.1 Å². The maximum atomic E-state index is 7.00. The van der Waals surface area contributed by atoms with Gasteiger partial charge < -0.3 is 18.8 Å². The first-order valence-corrected chi connectivity index (χ1v) is 23.5. The highest BCUT2D eigenvalue weighted by Crippen LogP contribution is 2.62. The molecule has 2 aromatic heterocycles. The van der Waals surface area contributed by atoms with Crippen LogP contribution in [0.2, 0.25) is 0 Å². The third-order valence-corrected chi connectivity index (χ3v) is 16.2. The smallest absolute Gasteiger partial charge is 0.252 e. The lowest BCUT2D eigenvalue weighted by Gasteiger charge is -2.52. The molecule has 1 saturated carbocycles. The van der Waals surface area contributed by atoms with Crippen LogP contribution in [0.25, 0.3) is 38.7 Å². The summed E-state index contributed by atoms with van der Waals surface area (Å²) in [6.45, 7) is 26.1. The lowest BCUT2D eigenvalue weighted by Crippen LogP contribution is -2.64. The van der Waals surface area contributed by atoms with Gasteiger partial charge in [-0.2, -0.15) is 0 Å². The van der Waals surface area contributed by atoms with Gasteiger partial charge >= 0.3 is 0 Å². The largest absolute Gasteiger partial charge is 0.454 e. The van der Waals surface area contributed by atoms with Crippen LogP contribution in [0.5, 0.6) is 0 Å². The van der Waals surface area contributed by atoms with Crippen LogP contribution < -0.4 is 26.2 Å². The molecule has 6 aromatic carbocycles. The Morgan fingerprint density at radius 2 is 1.19 bits per heavy atom. The summed E-state index contributed by atoms with van der Waals surface area (Å²) in [4.78, 5) is 5.39. The third kappa shape index (κ3) is 5.17. The highest BCUT2D eigenvalue weighted by atomic mass is 16.3. The molecule has 4 aliphatic rings. The second-order valence-corrected chi connectivity index (χ2v) is 23.0. The summed E-state index contributed by atoms with van der Waals surface area (Å²) >= 11 is 0. The fourth-order valence-electron chi connectivity index (χ4n) is 12.5. The molecular formula is C58H60BN3O. The Hall–Kier alpha value is -5.68. The molecule has 12 rings (SSSR count). The Bertz CT molecular complexity index is 3160. The highest BCUT2D eigenvalue weighted by Gasteiger charge is 2.61. The number of para-hydroxylation sites is 2. The first kappa shape index (κ1) is 39.0. The van der Waals surface area contributed by atoms with Gasteiger partial charge in [0.05, 0.1) is 16.7 Å². The Balaban J connectivity index is 1.24. The number of furan rings is 1. The SMILES string of the molecule is CC(C)(C)c1ccc(N(c2ccc(C(C)(C)C)cc2)c2cc3c4c(c2)-n2c5c(cc(C(C)(C)C)cc5c5oc6ccccc6c52)B4c2cccc4c2N3C2(C)CCCCC42C)cc1. The van der Waals surface area contributed by atoms with Crippen LogP contribution in [0.15, 0.2) is 120 Å². The van der Waals surface area contributed by atoms with E-state index < -0.39 is 0 Å². The van der Waals surface area contributed by atoms with Gasteiger partial charge in [-0.25, -0.2) is 0 Å². The van der Waals surface area contributed by atoms with Crippen molar-refractivity contribution in [3.63, 3.8) is 0 Å². The van der Waals surface area contributed by atoms with Gasteiger partial charge in [-0.1, -0.05) is 143 Å². The molecule has 0 spiro atoms. The zero-order chi connectivity index (χ0) is 43.7. The van der Waals surface area contributed by atoms with Gasteiger partial charge in [0.25, 0.3) is 6.71 Å². The topological polar surface area (TPSA) is 24.6 Å². The van der Waals surface area contributed by atoms with Gasteiger partial charge in [0.15, 0.2) is 5.58 Å². The molecule has 0 N–H and O–H groups in total. The van der Waals surface area contributed by atoms with E-state index in [1.807, 2.05) is 0 Å². The van der Waals surface area contributed by atoms with Crippen molar-refractivity contribution in [2.24, 2.45) is 0 Å². The Labute approximate surface area is 374 Å². The first-order chi connectivity index (χ1) is 29.9. The fraction of sp³-hybridized carbons (Fsp3) is 0.345. The predicted molar refractivity (Wildman–Crippen MR) is 269 cm³/mol. The lowest BCUT2D eigenvalue weighted by molar-refractivity contribution is 0.195. The number of hydrogen-bond donors (Lipinski definition) is 0. The summed E-state index contributed by atoms with van der Waals surface area (Å²) in [5, 5.41) is 2.36. The number of benzene rings is 6. The maximum absolute atomic E-state index is 7.00. The van der Waals surface area contributed by atoms with Crippen molar-refractivity contribution in [2.45, 2.75) is 129 Å². The summed E-state index contributed by atoms with van der Waals surface area (Å²) < 4.78 is 9.62. The van der Waals surface area contributed by atoms with Crippen LogP contribution in [0.3, 0.4) is 0 Å². The number of rotatable bonds is 3. The molecule has 5 heterocycles. The van der Waals surface area contributed by atoms with Crippen molar-refractivity contribution >= 4 is 84.5 Å². The summed E-state index contributed by atoms with van der Waals surface area (Å²) in [5.41, 5.74) is 21.6. The summed E-state index contributed by atoms with van der Waals surface area (Å²) in [5.74, 6) is 0. The summed E-state index contributed by atoms with van der Waals surface area (Å²) in [7, 11) is 0. The second kappa shape index (κ2) is 12.5. The van der Waals surface area contributed by atoms with E-state index in [1.54, 1.807) is 0 Å². The molecule has 5 heteroatoms. The molecule has 1 fully saturated rings. The van der Waals surface area contributed by atoms with Gasteiger partial charge in [-0.15, -0.1) is 0 Å². The molecule has 2 atom stereocenters. The van der Waals surface area contributed by atoms with E-state index in [0.29, 0.717) is 0 Å². The zero-order valence-corrected chi connectivity index (χ0v) is 39.1. The minimum absolute atomic E-state index is 0.0180. The quantitative estimate of drug-likeness (QED) is 0.166. The molecule has 8 aromatic rings. The van der Waals surface area contributed by atoms with E-state index in [2.05, 4.69) is 206 Å². The van der Waals surface area contributed by atoms with Crippen molar-refractivity contribution in [1.82, 2.24) is 4.57 Å². The van der Waals surface area contributed by atoms with E-state index in [1.165, 1.54) is 91.6 Å². The van der Waals surface area contributed by atoms with Gasteiger partial charge in [-0.3, -0.25) is 0 Å². The standard InChI is InChI=1S/C58H60BN3O/c1-54(2,3)35-21-25-38(26-22-35)60(39-27-23-36(24-28-39)55(4,5)6)40-33-46-49-47(34-40)62-52-43(57(10)29-14-15-30-58(57,62)11)18-16-19-44(52)59(49)45-32-37(56(7,8)9)31-42-50(45)61(46)51-41-17-12-13-20-48(41)63-53(42)51/h12-13,16-28,31-34H,14-15,29-30H2,1-11H3. The maximum Gasteiger partial charge on any atom is 0.252 e. The Morgan fingerprint density at radius 3 is 1.84 bits per heavy atom. The van der Waals surface area contributed by atoms with Crippen molar-refractivity contribution in [3.05, 3.63) is 138 Å². The normalized spacial score (nSPS) is 20.1. The zero-order valence-electron chi connectivity index (χ0n) is 39.1. The van der Waals surface area contributed by atoms with Crippen LogP contribution in [0, 0.1) is 0 Å². The molecular weight excluding hydrogens is 765 g/mol. The molecule has 63 heavy (non-hydrogen) atoms. The van der Waals surface area contributed by atoms with Crippen molar-refractivity contribution < 1.29 is 4.42 Å². The van der Waals surface area contributed by atoms with Crippen LogP contribution >= 0.6 is 0 Å². The van der Waals surface area contributed by atoms with Gasteiger partial charge in [-0.05, 0) is 129 Å². The third-order valence-electron chi connectivity index (χ3n) is 16.2. The van der Waals surface area contributed by atoms with Crippen LogP contribution in [-0.2, 0) is 21.7 Å².